The Balaban J connectivity index is 1.80. The SMILES string of the molecule is Cc1ccccc1NC(=O)COC(=O)[C@H](C)NC(=O)c1ccccc1. The molecule has 2 aromatic rings. The standard InChI is InChI=1S/C19H20N2O4/c1-13-8-6-7-11-16(13)21-17(22)12-25-19(24)14(2)20-18(23)15-9-4-3-5-10-15/h3-11,14H,12H2,1-2H3,(H,20,23)(H,21,22)/t14-/m0/s1. The van der Waals surface area contributed by atoms with Crippen molar-refractivity contribution in [2.45, 2.75) is 19.9 Å². The van der Waals surface area contributed by atoms with Gasteiger partial charge >= 0.3 is 5.97 Å². The zero-order chi connectivity index (χ0) is 18.2. The Kier molecular flexibility index (Phi) is 6.28. The van der Waals surface area contributed by atoms with Gasteiger partial charge in [-0.3, -0.25) is 9.59 Å². The minimum absolute atomic E-state index is 0.380. The summed E-state index contributed by atoms with van der Waals surface area (Å²) < 4.78 is 4.95. The fourth-order valence-corrected chi connectivity index (χ4v) is 2.09. The number of carbonyl (C=O) groups is 3. The van der Waals surface area contributed by atoms with Crippen LogP contribution in [-0.2, 0) is 14.3 Å². The van der Waals surface area contributed by atoms with Crippen LogP contribution in [0, 0.1) is 6.92 Å². The van der Waals surface area contributed by atoms with Crippen molar-refractivity contribution in [3.8, 4) is 0 Å². The number of aryl methyl sites for hydroxylation is 1. The van der Waals surface area contributed by atoms with Gasteiger partial charge in [0.25, 0.3) is 11.8 Å². The van der Waals surface area contributed by atoms with Crippen LogP contribution in [0.3, 0.4) is 0 Å². The second-order valence-electron chi connectivity index (χ2n) is 5.53. The number of esters is 1. The quantitative estimate of drug-likeness (QED) is 0.790. The van der Waals surface area contributed by atoms with Gasteiger partial charge in [-0.25, -0.2) is 4.79 Å². The van der Waals surface area contributed by atoms with E-state index in [1.165, 1.54) is 6.92 Å². The van der Waals surface area contributed by atoms with Gasteiger partial charge in [0.1, 0.15) is 6.04 Å². The lowest BCUT2D eigenvalue weighted by molar-refractivity contribution is -0.148. The summed E-state index contributed by atoms with van der Waals surface area (Å²) in [5.74, 6) is -1.50. The number of amides is 2. The van der Waals surface area contributed by atoms with Gasteiger partial charge in [0.2, 0.25) is 0 Å². The van der Waals surface area contributed by atoms with E-state index in [2.05, 4.69) is 10.6 Å². The summed E-state index contributed by atoms with van der Waals surface area (Å²) >= 11 is 0. The van der Waals surface area contributed by atoms with Crippen molar-refractivity contribution in [3.05, 3.63) is 65.7 Å². The number of carbonyl (C=O) groups excluding carboxylic acids is 3. The number of rotatable bonds is 6. The van der Waals surface area contributed by atoms with Crippen molar-refractivity contribution < 1.29 is 19.1 Å². The largest absolute Gasteiger partial charge is 0.454 e. The molecule has 2 aromatic carbocycles. The second-order valence-corrected chi connectivity index (χ2v) is 5.53. The highest BCUT2D eigenvalue weighted by atomic mass is 16.5. The highest BCUT2D eigenvalue weighted by Crippen LogP contribution is 2.12. The first-order valence-corrected chi connectivity index (χ1v) is 7.85. The van der Waals surface area contributed by atoms with Crippen LogP contribution in [0.25, 0.3) is 0 Å². The Morgan fingerprint density at radius 3 is 2.32 bits per heavy atom. The molecule has 0 aromatic heterocycles. The molecule has 2 rings (SSSR count). The van der Waals surface area contributed by atoms with E-state index in [1.807, 2.05) is 19.1 Å². The zero-order valence-electron chi connectivity index (χ0n) is 14.1. The molecule has 0 bridgehead atoms. The summed E-state index contributed by atoms with van der Waals surface area (Å²) in [6.45, 7) is 2.95. The average molecular weight is 340 g/mol. The van der Waals surface area contributed by atoms with Crippen LogP contribution < -0.4 is 10.6 Å². The molecule has 0 unspecified atom stereocenters. The van der Waals surface area contributed by atoms with Crippen molar-refractivity contribution in [3.63, 3.8) is 0 Å². The average Bonchev–Trinajstić information content (AvgIpc) is 2.62. The number of benzene rings is 2. The third-order valence-electron chi connectivity index (χ3n) is 3.50. The number of hydrogen-bond donors (Lipinski definition) is 2. The molecular weight excluding hydrogens is 320 g/mol. The Morgan fingerprint density at radius 1 is 1.00 bits per heavy atom. The molecule has 0 fully saturated rings. The maximum Gasteiger partial charge on any atom is 0.328 e. The predicted octanol–water partition coefficient (Wildman–Crippen LogP) is 2.30. The Labute approximate surface area is 146 Å². The Morgan fingerprint density at radius 2 is 1.64 bits per heavy atom. The van der Waals surface area contributed by atoms with Gasteiger partial charge in [-0.2, -0.15) is 0 Å². The topological polar surface area (TPSA) is 84.5 Å². The van der Waals surface area contributed by atoms with Crippen molar-refractivity contribution in [1.29, 1.82) is 0 Å². The van der Waals surface area contributed by atoms with E-state index in [0.29, 0.717) is 11.3 Å². The molecule has 2 N–H and O–H groups in total. The highest BCUT2D eigenvalue weighted by Gasteiger charge is 2.19. The number of nitrogens with one attached hydrogen (secondary N) is 2. The molecule has 0 saturated carbocycles. The first-order valence-electron chi connectivity index (χ1n) is 7.85. The van der Waals surface area contributed by atoms with Crippen molar-refractivity contribution in [2.24, 2.45) is 0 Å². The summed E-state index contributed by atoms with van der Waals surface area (Å²) in [6.07, 6.45) is 0. The molecule has 0 heterocycles. The van der Waals surface area contributed by atoms with Crippen molar-refractivity contribution in [2.75, 3.05) is 11.9 Å². The molecule has 0 aliphatic heterocycles. The van der Waals surface area contributed by atoms with Crippen LogP contribution in [0.4, 0.5) is 5.69 Å². The van der Waals surface area contributed by atoms with E-state index < -0.39 is 24.5 Å². The monoisotopic (exact) mass is 340 g/mol. The van der Waals surface area contributed by atoms with E-state index in [1.54, 1.807) is 42.5 Å². The van der Waals surface area contributed by atoms with Gasteiger partial charge in [-0.05, 0) is 37.6 Å². The normalized spacial score (nSPS) is 11.3. The fraction of sp³-hybridized carbons (Fsp3) is 0.211. The lowest BCUT2D eigenvalue weighted by atomic mass is 10.2. The van der Waals surface area contributed by atoms with E-state index >= 15 is 0 Å². The predicted molar refractivity (Wildman–Crippen MR) is 94.1 cm³/mol. The van der Waals surface area contributed by atoms with Gasteiger partial charge in [-0.1, -0.05) is 36.4 Å². The minimum atomic E-state index is -0.862. The zero-order valence-corrected chi connectivity index (χ0v) is 14.1. The fourth-order valence-electron chi connectivity index (χ4n) is 2.09. The Bertz CT molecular complexity index is 759. The molecule has 0 spiro atoms. The number of anilines is 1. The molecule has 130 valence electrons. The van der Waals surface area contributed by atoms with E-state index in [-0.39, 0.29) is 5.91 Å². The first kappa shape index (κ1) is 18.2. The van der Waals surface area contributed by atoms with Gasteiger partial charge in [0.05, 0.1) is 0 Å². The molecule has 25 heavy (non-hydrogen) atoms. The first-order chi connectivity index (χ1) is 12.0. The minimum Gasteiger partial charge on any atom is -0.454 e. The summed E-state index contributed by atoms with van der Waals surface area (Å²) in [4.78, 5) is 35.8. The summed E-state index contributed by atoms with van der Waals surface area (Å²) in [7, 11) is 0. The third-order valence-corrected chi connectivity index (χ3v) is 3.50. The van der Waals surface area contributed by atoms with Crippen molar-refractivity contribution in [1.82, 2.24) is 5.32 Å². The third kappa shape index (κ3) is 5.46. The maximum absolute atomic E-state index is 12.0. The van der Waals surface area contributed by atoms with Gasteiger partial charge in [0, 0.05) is 11.3 Å². The van der Waals surface area contributed by atoms with E-state index in [9.17, 15) is 14.4 Å². The molecule has 2 amide bonds. The molecule has 1 atom stereocenters. The second kappa shape index (κ2) is 8.63. The lowest BCUT2D eigenvalue weighted by Gasteiger charge is -2.14. The maximum atomic E-state index is 12.0. The number of para-hydroxylation sites is 1. The molecule has 0 aliphatic rings. The Hall–Kier alpha value is -3.15. The summed E-state index contributed by atoms with van der Waals surface area (Å²) in [5.41, 5.74) is 2.01. The lowest BCUT2D eigenvalue weighted by Crippen LogP contribution is -2.40. The number of hydrogen-bond acceptors (Lipinski definition) is 4. The highest BCUT2D eigenvalue weighted by molar-refractivity contribution is 5.97. The summed E-state index contributed by atoms with van der Waals surface area (Å²) in [6, 6.07) is 15.0. The van der Waals surface area contributed by atoms with E-state index in [0.717, 1.165) is 5.56 Å². The molecule has 0 radical (unpaired) electrons. The van der Waals surface area contributed by atoms with Crippen molar-refractivity contribution >= 4 is 23.5 Å². The number of ether oxygens (including phenoxy) is 1. The van der Waals surface area contributed by atoms with Crippen LogP contribution in [0.15, 0.2) is 54.6 Å². The van der Waals surface area contributed by atoms with Gasteiger partial charge in [0.15, 0.2) is 6.61 Å². The molecule has 6 nitrogen and oxygen atoms in total. The van der Waals surface area contributed by atoms with E-state index in [4.69, 9.17) is 4.74 Å². The molecular formula is C19H20N2O4. The van der Waals surface area contributed by atoms with Crippen LogP contribution in [-0.4, -0.2) is 30.4 Å². The van der Waals surface area contributed by atoms with Crippen LogP contribution >= 0.6 is 0 Å². The summed E-state index contributed by atoms with van der Waals surface area (Å²) in [5, 5.41) is 5.20. The van der Waals surface area contributed by atoms with Crippen LogP contribution in [0.1, 0.15) is 22.8 Å². The van der Waals surface area contributed by atoms with Crippen LogP contribution in [0.2, 0.25) is 0 Å². The van der Waals surface area contributed by atoms with Gasteiger partial charge < -0.3 is 15.4 Å². The van der Waals surface area contributed by atoms with Crippen LogP contribution in [0.5, 0.6) is 0 Å². The molecule has 0 aliphatic carbocycles. The molecule has 6 heteroatoms. The smallest absolute Gasteiger partial charge is 0.328 e. The van der Waals surface area contributed by atoms with Gasteiger partial charge in [-0.15, -0.1) is 0 Å². The molecule has 0 saturated heterocycles.